The van der Waals surface area contributed by atoms with E-state index in [0.29, 0.717) is 18.4 Å². The van der Waals surface area contributed by atoms with E-state index in [4.69, 9.17) is 14.4 Å². The maximum atomic E-state index is 11.8. The molecule has 0 N–H and O–H groups in total. The lowest BCUT2D eigenvalue weighted by molar-refractivity contribution is 0.0323. The van der Waals surface area contributed by atoms with Crippen LogP contribution in [0.15, 0.2) is 34.7 Å². The van der Waals surface area contributed by atoms with Gasteiger partial charge in [0.25, 0.3) is 0 Å². The Balaban J connectivity index is 1.89. The van der Waals surface area contributed by atoms with Crippen molar-refractivity contribution in [1.82, 2.24) is 0 Å². The molecule has 0 atom stereocenters. The highest BCUT2D eigenvalue weighted by Crippen LogP contribution is 2.39. The van der Waals surface area contributed by atoms with Gasteiger partial charge in [0.2, 0.25) is 5.76 Å². The normalized spacial score (nSPS) is 16.4. The summed E-state index contributed by atoms with van der Waals surface area (Å²) in [5.74, 6) is -0.423. The van der Waals surface area contributed by atoms with Crippen molar-refractivity contribution in [2.24, 2.45) is 0 Å². The Bertz CT molecular complexity index is 598. The van der Waals surface area contributed by atoms with Crippen molar-refractivity contribution in [2.75, 3.05) is 0 Å². The van der Waals surface area contributed by atoms with Crippen LogP contribution in [0.2, 0.25) is 0 Å². The summed E-state index contributed by atoms with van der Waals surface area (Å²) in [7, 11) is 0. The molecule has 2 aromatic rings. The summed E-state index contributed by atoms with van der Waals surface area (Å²) in [4.78, 5) is 11.8. The van der Waals surface area contributed by atoms with Gasteiger partial charge in [0.05, 0.1) is 0 Å². The van der Waals surface area contributed by atoms with Crippen molar-refractivity contribution < 1.29 is 13.9 Å². The molecule has 3 rings (SSSR count). The molecule has 1 heterocycles. The Kier molecular flexibility index (Phi) is 1.96. The number of hydrogen-bond donors (Lipinski definition) is 0. The van der Waals surface area contributed by atoms with E-state index in [0.717, 1.165) is 5.39 Å². The summed E-state index contributed by atoms with van der Waals surface area (Å²) < 4.78 is 10.5. The number of esters is 1. The van der Waals surface area contributed by atoms with Gasteiger partial charge in [-0.15, -0.1) is 0 Å². The lowest BCUT2D eigenvalue weighted by atomic mass is 10.2. The van der Waals surface area contributed by atoms with Crippen LogP contribution in [0.3, 0.4) is 0 Å². The van der Waals surface area contributed by atoms with E-state index >= 15 is 0 Å². The molecule has 84 valence electrons. The Morgan fingerprint density at radius 2 is 2.18 bits per heavy atom. The molecule has 1 aromatic heterocycles. The third kappa shape index (κ3) is 1.66. The van der Waals surface area contributed by atoms with Crippen LogP contribution in [0.4, 0.5) is 0 Å². The van der Waals surface area contributed by atoms with E-state index in [2.05, 4.69) is 0 Å². The summed E-state index contributed by atoms with van der Waals surface area (Å²) in [5, 5.41) is 9.68. The van der Waals surface area contributed by atoms with Crippen LogP contribution in [0, 0.1) is 11.3 Å². The van der Waals surface area contributed by atoms with Crippen LogP contribution in [-0.4, -0.2) is 11.6 Å². The second kappa shape index (κ2) is 3.36. The van der Waals surface area contributed by atoms with Crippen molar-refractivity contribution in [3.05, 3.63) is 36.1 Å². The van der Waals surface area contributed by atoms with Gasteiger partial charge in [0.15, 0.2) is 5.60 Å². The molecule has 1 aliphatic rings. The maximum absolute atomic E-state index is 11.8. The minimum absolute atomic E-state index is 0.146. The quantitative estimate of drug-likeness (QED) is 0.740. The minimum atomic E-state index is -0.907. The second-order valence-electron chi connectivity index (χ2n) is 4.14. The van der Waals surface area contributed by atoms with E-state index in [1.165, 1.54) is 0 Å². The fourth-order valence-corrected chi connectivity index (χ4v) is 1.66. The number of furan rings is 1. The average Bonchev–Trinajstić information content (AvgIpc) is 2.98. The van der Waals surface area contributed by atoms with Gasteiger partial charge in [-0.25, -0.2) is 4.79 Å². The Morgan fingerprint density at radius 1 is 1.41 bits per heavy atom. The molecule has 1 aromatic carbocycles. The monoisotopic (exact) mass is 227 g/mol. The lowest BCUT2D eigenvalue weighted by Gasteiger charge is -2.05. The third-order valence-electron chi connectivity index (χ3n) is 2.82. The third-order valence-corrected chi connectivity index (χ3v) is 2.82. The minimum Gasteiger partial charge on any atom is -0.449 e. The van der Waals surface area contributed by atoms with Crippen molar-refractivity contribution in [1.29, 1.82) is 5.26 Å². The van der Waals surface area contributed by atoms with E-state index in [1.807, 2.05) is 24.3 Å². The van der Waals surface area contributed by atoms with Crippen molar-refractivity contribution in [2.45, 2.75) is 18.4 Å². The van der Waals surface area contributed by atoms with Gasteiger partial charge in [-0.05, 0) is 12.1 Å². The molecule has 0 unspecified atom stereocenters. The molecule has 17 heavy (non-hydrogen) atoms. The van der Waals surface area contributed by atoms with Gasteiger partial charge in [0.1, 0.15) is 11.7 Å². The number of carbonyl (C=O) groups is 1. The lowest BCUT2D eigenvalue weighted by Crippen LogP contribution is -2.16. The number of hydrogen-bond acceptors (Lipinski definition) is 4. The topological polar surface area (TPSA) is 63.2 Å². The summed E-state index contributed by atoms with van der Waals surface area (Å²) in [6, 6.07) is 11.0. The first-order chi connectivity index (χ1) is 8.22. The zero-order chi connectivity index (χ0) is 11.9. The van der Waals surface area contributed by atoms with Crippen LogP contribution in [0.5, 0.6) is 0 Å². The first kappa shape index (κ1) is 9.91. The number of rotatable bonds is 2. The van der Waals surface area contributed by atoms with Gasteiger partial charge in [-0.1, -0.05) is 18.2 Å². The van der Waals surface area contributed by atoms with Crippen molar-refractivity contribution in [3.8, 4) is 6.07 Å². The molecule has 0 bridgehead atoms. The van der Waals surface area contributed by atoms with Gasteiger partial charge in [0, 0.05) is 18.2 Å². The number of nitrogens with zero attached hydrogens (tertiary/aromatic N) is 1. The fourth-order valence-electron chi connectivity index (χ4n) is 1.66. The van der Waals surface area contributed by atoms with Crippen LogP contribution in [0.1, 0.15) is 23.4 Å². The molecule has 4 nitrogen and oxygen atoms in total. The van der Waals surface area contributed by atoms with Gasteiger partial charge in [-0.3, -0.25) is 0 Å². The molecule has 0 saturated heterocycles. The number of benzene rings is 1. The SMILES string of the molecule is N#CC1(OC(=O)c2cc3ccccc3o2)CC1. The summed E-state index contributed by atoms with van der Waals surface area (Å²) in [6.45, 7) is 0. The van der Waals surface area contributed by atoms with Crippen LogP contribution >= 0.6 is 0 Å². The van der Waals surface area contributed by atoms with Crippen molar-refractivity contribution in [3.63, 3.8) is 0 Å². The van der Waals surface area contributed by atoms with Gasteiger partial charge in [-0.2, -0.15) is 5.26 Å². The van der Waals surface area contributed by atoms with Gasteiger partial charge < -0.3 is 9.15 Å². The molecular weight excluding hydrogens is 218 g/mol. The molecule has 0 spiro atoms. The second-order valence-corrected chi connectivity index (χ2v) is 4.14. The number of ether oxygens (including phenoxy) is 1. The highest BCUT2D eigenvalue weighted by molar-refractivity contribution is 5.93. The predicted molar refractivity (Wildman–Crippen MR) is 59.2 cm³/mol. The van der Waals surface area contributed by atoms with E-state index in [9.17, 15) is 4.79 Å². The maximum Gasteiger partial charge on any atom is 0.375 e. The highest BCUT2D eigenvalue weighted by Gasteiger charge is 2.48. The molecule has 1 fully saturated rings. The molecule has 1 saturated carbocycles. The predicted octanol–water partition coefficient (Wildman–Crippen LogP) is 2.65. The molecule has 1 aliphatic carbocycles. The number of para-hydroxylation sites is 1. The van der Waals surface area contributed by atoms with Crippen LogP contribution in [-0.2, 0) is 4.74 Å². The molecular formula is C13H9NO3. The standard InChI is InChI=1S/C13H9NO3/c14-8-13(5-6-13)17-12(15)11-7-9-3-1-2-4-10(9)16-11/h1-4,7H,5-6H2. The number of nitriles is 1. The Labute approximate surface area is 97.4 Å². The largest absolute Gasteiger partial charge is 0.449 e. The zero-order valence-electron chi connectivity index (χ0n) is 8.97. The average molecular weight is 227 g/mol. The number of carbonyl (C=O) groups excluding carboxylic acids is 1. The first-order valence-electron chi connectivity index (χ1n) is 5.36. The summed E-state index contributed by atoms with van der Waals surface area (Å²) >= 11 is 0. The number of fused-ring (bicyclic) bond motifs is 1. The summed E-state index contributed by atoms with van der Waals surface area (Å²) in [5.41, 5.74) is -0.267. The van der Waals surface area contributed by atoms with Crippen molar-refractivity contribution >= 4 is 16.9 Å². The van der Waals surface area contributed by atoms with Crippen LogP contribution in [0.25, 0.3) is 11.0 Å². The molecule has 0 aliphatic heterocycles. The highest BCUT2D eigenvalue weighted by atomic mass is 16.6. The van der Waals surface area contributed by atoms with E-state index in [1.54, 1.807) is 12.1 Å². The van der Waals surface area contributed by atoms with E-state index in [-0.39, 0.29) is 5.76 Å². The Morgan fingerprint density at radius 3 is 2.82 bits per heavy atom. The fraction of sp³-hybridized carbons (Fsp3) is 0.231. The molecule has 4 heteroatoms. The smallest absolute Gasteiger partial charge is 0.375 e. The Hall–Kier alpha value is -2.28. The van der Waals surface area contributed by atoms with Gasteiger partial charge >= 0.3 is 5.97 Å². The molecule has 0 radical (unpaired) electrons. The molecule has 0 amide bonds. The van der Waals surface area contributed by atoms with E-state index < -0.39 is 11.6 Å². The summed E-state index contributed by atoms with van der Waals surface area (Å²) in [6.07, 6.45) is 1.21. The van der Waals surface area contributed by atoms with Crippen LogP contribution < -0.4 is 0 Å². The first-order valence-corrected chi connectivity index (χ1v) is 5.36. The zero-order valence-corrected chi connectivity index (χ0v) is 8.97.